The molecule has 0 nitrogen and oxygen atoms in total. The van der Waals surface area contributed by atoms with Crippen molar-refractivity contribution in [1.29, 1.82) is 0 Å². The second kappa shape index (κ2) is 3.08. The summed E-state index contributed by atoms with van der Waals surface area (Å²) in [5.41, 5.74) is 2.98. The Bertz CT molecular complexity index is 384. The van der Waals surface area contributed by atoms with Crippen LogP contribution in [0.15, 0.2) is 30.3 Å². The first-order valence-electron chi connectivity index (χ1n) is 5.24. The van der Waals surface area contributed by atoms with Gasteiger partial charge in [-0.05, 0) is 0 Å². The Morgan fingerprint density at radius 1 is 1.07 bits per heavy atom. The predicted octanol–water partition coefficient (Wildman–Crippen LogP) is 4.23. The van der Waals surface area contributed by atoms with Gasteiger partial charge in [0.15, 0.2) is 0 Å². The molecule has 0 heterocycles. The Hall–Kier alpha value is -0.326. The number of allylic oxidation sites excluding steroid dienone is 1. The molecule has 74 valence electrons. The van der Waals surface area contributed by atoms with Gasteiger partial charge in [0, 0.05) is 0 Å². The molecule has 1 heteroatoms. The molecule has 0 saturated carbocycles. The monoisotopic (exact) mass is 222 g/mol. The molecule has 1 aliphatic rings. The van der Waals surface area contributed by atoms with E-state index in [1.807, 2.05) is 0 Å². The third-order valence-corrected chi connectivity index (χ3v) is 9.22. The molecule has 1 aromatic carbocycles. The summed E-state index contributed by atoms with van der Waals surface area (Å²) in [6.45, 7) is 2.41. The molecule has 1 unspecified atom stereocenters. The van der Waals surface area contributed by atoms with Crippen LogP contribution < -0.4 is 0 Å². The van der Waals surface area contributed by atoms with Crippen LogP contribution in [-0.2, 0) is 20.3 Å². The quantitative estimate of drug-likeness (QED) is 0.624. The molecule has 0 bridgehead atoms. The summed E-state index contributed by atoms with van der Waals surface area (Å²) in [5, 5.41) is 7.48. The molecule has 0 saturated heterocycles. The fourth-order valence-corrected chi connectivity index (χ4v) is 4.64. The van der Waals surface area contributed by atoms with Crippen LogP contribution in [0.4, 0.5) is 0 Å². The molecule has 1 aliphatic carbocycles. The van der Waals surface area contributed by atoms with E-state index >= 15 is 0 Å². The van der Waals surface area contributed by atoms with E-state index < -0.39 is 16.6 Å². The Morgan fingerprint density at radius 3 is 2.36 bits per heavy atom. The SMILES string of the molecule is C[C]1([Ti]([CH3])([CH3])[CH3])C=Cc2ccccc21. The first kappa shape index (κ1) is 10.2. The van der Waals surface area contributed by atoms with Crippen molar-refractivity contribution in [2.45, 2.75) is 26.3 Å². The summed E-state index contributed by atoms with van der Waals surface area (Å²) in [6.07, 6.45) is 4.73. The number of hydrogen-bond donors (Lipinski definition) is 0. The molecule has 14 heavy (non-hydrogen) atoms. The van der Waals surface area contributed by atoms with Crippen LogP contribution in [0, 0.1) is 0 Å². The van der Waals surface area contributed by atoms with Crippen molar-refractivity contribution in [3.8, 4) is 0 Å². The molecular weight excluding hydrogens is 204 g/mol. The summed E-state index contributed by atoms with van der Waals surface area (Å²) in [6, 6.07) is 8.82. The third kappa shape index (κ3) is 1.33. The first-order valence-corrected chi connectivity index (χ1v) is 10.7. The zero-order valence-corrected chi connectivity index (χ0v) is 11.0. The van der Waals surface area contributed by atoms with Gasteiger partial charge < -0.3 is 0 Å². The Kier molecular flexibility index (Phi) is 2.25. The standard InChI is InChI=1S/C10H9.3CH3.Ti/c1-8-6-7-9-4-2-3-5-10(8)9;;;;/h2-7H,1H3;3*1H3;. The van der Waals surface area contributed by atoms with Crippen LogP contribution in [0.2, 0.25) is 15.7 Å². The van der Waals surface area contributed by atoms with E-state index in [0.717, 1.165) is 0 Å². The van der Waals surface area contributed by atoms with E-state index in [1.165, 1.54) is 5.56 Å². The number of benzene rings is 1. The van der Waals surface area contributed by atoms with Crippen LogP contribution in [-0.4, -0.2) is 0 Å². The minimum absolute atomic E-state index is 0.372. The predicted molar refractivity (Wildman–Crippen MR) is 60.4 cm³/mol. The second-order valence-corrected chi connectivity index (χ2v) is 14.0. The van der Waals surface area contributed by atoms with Gasteiger partial charge in [0.2, 0.25) is 0 Å². The van der Waals surface area contributed by atoms with Crippen LogP contribution in [0.3, 0.4) is 0 Å². The third-order valence-electron chi connectivity index (χ3n) is 3.67. The Balaban J connectivity index is 2.59. The number of fused-ring (bicyclic) bond motifs is 1. The first-order chi connectivity index (χ1) is 6.45. The summed E-state index contributed by atoms with van der Waals surface area (Å²) in [7, 11) is 0. The molecule has 0 spiro atoms. The normalized spacial score (nSPS) is 25.1. The van der Waals surface area contributed by atoms with Gasteiger partial charge in [0.25, 0.3) is 0 Å². The summed E-state index contributed by atoms with van der Waals surface area (Å²) in [5.74, 6) is 0. The number of hydrogen-bond acceptors (Lipinski definition) is 0. The zero-order chi connectivity index (χ0) is 10.4. The average molecular weight is 222 g/mol. The van der Waals surface area contributed by atoms with Crippen LogP contribution in [0.5, 0.6) is 0 Å². The van der Waals surface area contributed by atoms with E-state index in [2.05, 4.69) is 59.0 Å². The second-order valence-electron chi connectivity index (χ2n) is 5.37. The van der Waals surface area contributed by atoms with E-state index in [1.54, 1.807) is 5.56 Å². The van der Waals surface area contributed by atoms with Crippen molar-refractivity contribution in [2.24, 2.45) is 0 Å². The van der Waals surface area contributed by atoms with E-state index in [4.69, 9.17) is 0 Å². The van der Waals surface area contributed by atoms with Crippen molar-refractivity contribution in [2.75, 3.05) is 0 Å². The van der Waals surface area contributed by atoms with E-state index in [0.29, 0.717) is 3.72 Å². The van der Waals surface area contributed by atoms with Crippen LogP contribution >= 0.6 is 0 Å². The molecule has 0 fully saturated rings. The summed E-state index contributed by atoms with van der Waals surface area (Å²) in [4.78, 5) is 0. The summed E-state index contributed by atoms with van der Waals surface area (Å²) >= 11 is -1.70. The minimum atomic E-state index is -1.70. The maximum absolute atomic E-state index is 2.49. The summed E-state index contributed by atoms with van der Waals surface area (Å²) < 4.78 is 0.372. The van der Waals surface area contributed by atoms with Gasteiger partial charge in [-0.2, -0.15) is 0 Å². The molecule has 0 amide bonds. The van der Waals surface area contributed by atoms with Gasteiger partial charge in [0.1, 0.15) is 0 Å². The van der Waals surface area contributed by atoms with Crippen molar-refractivity contribution in [3.63, 3.8) is 0 Å². The van der Waals surface area contributed by atoms with Gasteiger partial charge in [-0.15, -0.1) is 0 Å². The van der Waals surface area contributed by atoms with Crippen LogP contribution in [0.1, 0.15) is 18.1 Å². The maximum atomic E-state index is 2.49. The van der Waals surface area contributed by atoms with Crippen molar-refractivity contribution >= 4 is 6.08 Å². The van der Waals surface area contributed by atoms with Crippen LogP contribution in [0.25, 0.3) is 6.08 Å². The van der Waals surface area contributed by atoms with Crippen molar-refractivity contribution in [1.82, 2.24) is 0 Å². The number of rotatable bonds is 1. The Morgan fingerprint density at radius 2 is 1.71 bits per heavy atom. The fourth-order valence-electron chi connectivity index (χ4n) is 2.12. The van der Waals surface area contributed by atoms with Gasteiger partial charge in [-0.25, -0.2) is 0 Å². The van der Waals surface area contributed by atoms with Crippen molar-refractivity contribution in [3.05, 3.63) is 41.5 Å². The van der Waals surface area contributed by atoms with Crippen molar-refractivity contribution < 1.29 is 16.6 Å². The van der Waals surface area contributed by atoms with Gasteiger partial charge in [-0.3, -0.25) is 0 Å². The average Bonchev–Trinajstić information content (AvgIpc) is 2.45. The molecule has 0 radical (unpaired) electrons. The fraction of sp³-hybridized carbons (Fsp3) is 0.385. The van der Waals surface area contributed by atoms with E-state index in [9.17, 15) is 0 Å². The molecule has 1 aromatic rings. The zero-order valence-electron chi connectivity index (χ0n) is 9.46. The molecule has 0 N–H and O–H groups in total. The van der Waals surface area contributed by atoms with Gasteiger partial charge in [0.05, 0.1) is 0 Å². The van der Waals surface area contributed by atoms with Gasteiger partial charge in [-0.1, -0.05) is 0 Å². The van der Waals surface area contributed by atoms with Gasteiger partial charge >= 0.3 is 90.5 Å². The molecule has 1 atom stereocenters. The molecule has 0 aliphatic heterocycles. The topological polar surface area (TPSA) is 0 Å². The van der Waals surface area contributed by atoms with E-state index in [-0.39, 0.29) is 0 Å². The molecule has 2 rings (SSSR count). The molecular formula is C13H18Ti. The Labute approximate surface area is 90.4 Å². The molecule has 0 aromatic heterocycles.